The summed E-state index contributed by atoms with van der Waals surface area (Å²) < 4.78 is 9.49. The Morgan fingerprint density at radius 3 is 2.81 bits per heavy atom. The fourth-order valence-corrected chi connectivity index (χ4v) is 1.47. The molecule has 90 valence electrons. The molecule has 0 aromatic carbocycles. The van der Waals surface area contributed by atoms with Gasteiger partial charge >= 0.3 is 11.9 Å². The van der Waals surface area contributed by atoms with Gasteiger partial charge in [-0.15, -0.1) is 0 Å². The molecule has 1 aliphatic rings. The number of rotatable bonds is 4. The van der Waals surface area contributed by atoms with Gasteiger partial charge in [-0.1, -0.05) is 0 Å². The Balaban J connectivity index is 2.30. The van der Waals surface area contributed by atoms with Crippen molar-refractivity contribution in [3.05, 3.63) is 0 Å². The Morgan fingerprint density at radius 2 is 2.31 bits per heavy atom. The van der Waals surface area contributed by atoms with E-state index in [2.05, 4.69) is 5.32 Å². The van der Waals surface area contributed by atoms with Crippen molar-refractivity contribution in [3.8, 4) is 0 Å². The standard InChI is InChI=1S/C10H15NO5/c1-6(16-7(2)12)5-9(13)11-8-3-4-15-10(8)14/h6,8H,3-5H2,1-2H3,(H,11,13)/t6-,8+/m1/s1. The summed E-state index contributed by atoms with van der Waals surface area (Å²) in [5.74, 6) is -1.16. The Morgan fingerprint density at radius 1 is 1.62 bits per heavy atom. The topological polar surface area (TPSA) is 81.7 Å². The molecule has 0 aliphatic carbocycles. The van der Waals surface area contributed by atoms with Crippen LogP contribution in [0.2, 0.25) is 0 Å². The second kappa shape index (κ2) is 5.48. The summed E-state index contributed by atoms with van der Waals surface area (Å²) >= 11 is 0. The number of hydrogen-bond donors (Lipinski definition) is 1. The summed E-state index contributed by atoms with van der Waals surface area (Å²) in [4.78, 5) is 33.1. The SMILES string of the molecule is CC(=O)O[C@H](C)CC(=O)N[C@H]1CCOC1=O. The summed E-state index contributed by atoms with van der Waals surface area (Å²) in [6, 6.07) is -0.558. The van der Waals surface area contributed by atoms with Crippen LogP contribution in [0.15, 0.2) is 0 Å². The number of ether oxygens (including phenoxy) is 2. The van der Waals surface area contributed by atoms with Crippen LogP contribution >= 0.6 is 0 Å². The van der Waals surface area contributed by atoms with Gasteiger partial charge in [0, 0.05) is 13.3 Å². The van der Waals surface area contributed by atoms with Gasteiger partial charge in [0.05, 0.1) is 13.0 Å². The van der Waals surface area contributed by atoms with E-state index in [1.54, 1.807) is 6.92 Å². The number of cyclic esters (lactones) is 1. The minimum atomic E-state index is -0.558. The van der Waals surface area contributed by atoms with E-state index in [1.165, 1.54) is 6.92 Å². The van der Waals surface area contributed by atoms with Crippen molar-refractivity contribution in [1.29, 1.82) is 0 Å². The lowest BCUT2D eigenvalue weighted by molar-refractivity contribution is -0.147. The van der Waals surface area contributed by atoms with E-state index in [4.69, 9.17) is 9.47 Å². The van der Waals surface area contributed by atoms with Gasteiger partial charge in [0.1, 0.15) is 12.1 Å². The van der Waals surface area contributed by atoms with Crippen molar-refractivity contribution in [3.63, 3.8) is 0 Å². The number of esters is 2. The lowest BCUT2D eigenvalue weighted by Gasteiger charge is -2.13. The van der Waals surface area contributed by atoms with E-state index in [9.17, 15) is 14.4 Å². The zero-order chi connectivity index (χ0) is 12.1. The first-order valence-corrected chi connectivity index (χ1v) is 5.12. The number of nitrogens with one attached hydrogen (secondary N) is 1. The van der Waals surface area contributed by atoms with Crippen molar-refractivity contribution < 1.29 is 23.9 Å². The van der Waals surface area contributed by atoms with Gasteiger partial charge in [-0.05, 0) is 6.92 Å². The van der Waals surface area contributed by atoms with Crippen molar-refractivity contribution >= 4 is 17.8 Å². The first-order chi connectivity index (χ1) is 7.49. The monoisotopic (exact) mass is 229 g/mol. The van der Waals surface area contributed by atoms with Crippen LogP contribution in [-0.2, 0) is 23.9 Å². The van der Waals surface area contributed by atoms with Crippen molar-refractivity contribution in [1.82, 2.24) is 5.32 Å². The number of hydrogen-bond acceptors (Lipinski definition) is 5. The average molecular weight is 229 g/mol. The molecule has 6 heteroatoms. The third-order valence-electron chi connectivity index (χ3n) is 2.11. The van der Waals surface area contributed by atoms with Crippen LogP contribution in [0.4, 0.5) is 0 Å². The molecule has 6 nitrogen and oxygen atoms in total. The molecule has 0 bridgehead atoms. The second-order valence-electron chi connectivity index (χ2n) is 3.70. The van der Waals surface area contributed by atoms with Crippen molar-refractivity contribution in [2.45, 2.75) is 38.8 Å². The molecule has 0 spiro atoms. The molecular weight excluding hydrogens is 214 g/mol. The molecule has 0 aromatic heterocycles. The van der Waals surface area contributed by atoms with Crippen LogP contribution in [0.25, 0.3) is 0 Å². The Labute approximate surface area is 93.3 Å². The highest BCUT2D eigenvalue weighted by Crippen LogP contribution is 2.06. The molecule has 0 unspecified atom stereocenters. The molecule has 1 heterocycles. The quantitative estimate of drug-likeness (QED) is 0.673. The third-order valence-corrected chi connectivity index (χ3v) is 2.11. The lowest BCUT2D eigenvalue weighted by Crippen LogP contribution is -2.39. The molecule has 0 saturated carbocycles. The van der Waals surface area contributed by atoms with Gasteiger partial charge in [0.15, 0.2) is 0 Å². The zero-order valence-electron chi connectivity index (χ0n) is 9.32. The van der Waals surface area contributed by atoms with Crippen molar-refractivity contribution in [2.24, 2.45) is 0 Å². The fraction of sp³-hybridized carbons (Fsp3) is 0.700. The molecule has 1 fully saturated rings. The summed E-state index contributed by atoms with van der Waals surface area (Å²) in [6.07, 6.45) is 0.0468. The van der Waals surface area contributed by atoms with Crippen LogP contribution in [0.5, 0.6) is 0 Å². The number of carbonyl (C=O) groups excluding carboxylic acids is 3. The average Bonchev–Trinajstić information content (AvgIpc) is 2.49. The van der Waals surface area contributed by atoms with Gasteiger partial charge in [-0.2, -0.15) is 0 Å². The zero-order valence-corrected chi connectivity index (χ0v) is 9.32. The molecule has 0 radical (unpaired) electrons. The van der Waals surface area contributed by atoms with E-state index in [-0.39, 0.29) is 12.3 Å². The molecule has 1 rings (SSSR count). The Bertz CT molecular complexity index is 302. The van der Waals surface area contributed by atoms with Gasteiger partial charge in [-0.25, -0.2) is 4.79 Å². The maximum absolute atomic E-state index is 11.4. The summed E-state index contributed by atoms with van der Waals surface area (Å²) in [5, 5.41) is 2.53. The first kappa shape index (κ1) is 12.5. The van der Waals surface area contributed by atoms with Gasteiger partial charge in [0.2, 0.25) is 5.91 Å². The summed E-state index contributed by atoms with van der Waals surface area (Å²) in [5.41, 5.74) is 0. The predicted octanol–water partition coefficient (Wildman–Crippen LogP) is -0.240. The highest BCUT2D eigenvalue weighted by molar-refractivity contribution is 5.85. The molecule has 1 N–H and O–H groups in total. The normalized spacial score (nSPS) is 21.1. The predicted molar refractivity (Wildman–Crippen MR) is 53.4 cm³/mol. The number of amides is 1. The van der Waals surface area contributed by atoms with E-state index < -0.39 is 24.1 Å². The van der Waals surface area contributed by atoms with Gasteiger partial charge in [-0.3, -0.25) is 9.59 Å². The van der Waals surface area contributed by atoms with E-state index in [0.29, 0.717) is 13.0 Å². The molecule has 1 amide bonds. The second-order valence-corrected chi connectivity index (χ2v) is 3.70. The lowest BCUT2D eigenvalue weighted by atomic mass is 10.2. The number of carbonyl (C=O) groups is 3. The molecule has 0 aromatic rings. The minimum Gasteiger partial charge on any atom is -0.464 e. The van der Waals surface area contributed by atoms with Gasteiger partial charge in [0.25, 0.3) is 0 Å². The van der Waals surface area contributed by atoms with E-state index in [0.717, 1.165) is 0 Å². The smallest absolute Gasteiger partial charge is 0.328 e. The highest BCUT2D eigenvalue weighted by Gasteiger charge is 2.28. The largest absolute Gasteiger partial charge is 0.464 e. The Kier molecular flexibility index (Phi) is 4.28. The van der Waals surface area contributed by atoms with Crippen LogP contribution in [0, 0.1) is 0 Å². The molecular formula is C10H15NO5. The summed E-state index contributed by atoms with van der Waals surface area (Å²) in [6.45, 7) is 3.24. The van der Waals surface area contributed by atoms with Crippen LogP contribution < -0.4 is 5.32 Å². The molecule has 16 heavy (non-hydrogen) atoms. The van der Waals surface area contributed by atoms with Crippen LogP contribution in [0.1, 0.15) is 26.7 Å². The molecule has 1 saturated heterocycles. The van der Waals surface area contributed by atoms with Crippen molar-refractivity contribution in [2.75, 3.05) is 6.61 Å². The van der Waals surface area contributed by atoms with E-state index >= 15 is 0 Å². The highest BCUT2D eigenvalue weighted by atomic mass is 16.5. The van der Waals surface area contributed by atoms with Gasteiger partial charge < -0.3 is 14.8 Å². The summed E-state index contributed by atoms with van der Waals surface area (Å²) in [7, 11) is 0. The Hall–Kier alpha value is -1.59. The first-order valence-electron chi connectivity index (χ1n) is 5.12. The fourth-order valence-electron chi connectivity index (χ4n) is 1.47. The molecule has 1 aliphatic heterocycles. The third kappa shape index (κ3) is 3.88. The maximum atomic E-state index is 11.4. The maximum Gasteiger partial charge on any atom is 0.328 e. The molecule has 2 atom stereocenters. The minimum absolute atomic E-state index is 0.0450. The van der Waals surface area contributed by atoms with Crippen LogP contribution in [0.3, 0.4) is 0 Å². The van der Waals surface area contributed by atoms with Crippen LogP contribution in [-0.4, -0.2) is 36.6 Å². The van der Waals surface area contributed by atoms with E-state index in [1.807, 2.05) is 0 Å².